The molecule has 78 valence electrons. The average molecular weight is 269 g/mol. The molecule has 5 nitrogen and oxygen atoms in total. The summed E-state index contributed by atoms with van der Waals surface area (Å²) >= 11 is 3.46. The van der Waals surface area contributed by atoms with Crippen LogP contribution >= 0.6 is 15.9 Å². The third kappa shape index (κ3) is 2.33. The summed E-state index contributed by atoms with van der Waals surface area (Å²) in [6, 6.07) is 5.78. The third-order valence-corrected chi connectivity index (χ3v) is 2.76. The standard InChI is InChI=1S/C9H9BrN4O/c1-15-7-2-3-8(10)6(4-7)5-9-11-13-14-12-9/h2-4H,5H2,1H3,(H,11,12,13,14). The van der Waals surface area contributed by atoms with Crippen LogP contribution in [0.15, 0.2) is 22.7 Å². The Labute approximate surface area is 95.0 Å². The van der Waals surface area contributed by atoms with Gasteiger partial charge in [0.15, 0.2) is 5.82 Å². The third-order valence-electron chi connectivity index (χ3n) is 1.99. The molecular formula is C9H9BrN4O. The summed E-state index contributed by atoms with van der Waals surface area (Å²) in [5, 5.41) is 13.7. The maximum atomic E-state index is 5.14. The molecule has 0 aliphatic carbocycles. The van der Waals surface area contributed by atoms with Crippen molar-refractivity contribution in [3.05, 3.63) is 34.1 Å². The summed E-state index contributed by atoms with van der Waals surface area (Å²) in [6.45, 7) is 0. The minimum atomic E-state index is 0.619. The van der Waals surface area contributed by atoms with Gasteiger partial charge >= 0.3 is 0 Å². The Morgan fingerprint density at radius 1 is 1.47 bits per heavy atom. The number of nitrogens with zero attached hydrogens (tertiary/aromatic N) is 3. The summed E-state index contributed by atoms with van der Waals surface area (Å²) in [5.41, 5.74) is 1.07. The van der Waals surface area contributed by atoms with Crippen molar-refractivity contribution >= 4 is 15.9 Å². The number of halogens is 1. The highest BCUT2D eigenvalue weighted by Crippen LogP contribution is 2.23. The van der Waals surface area contributed by atoms with E-state index >= 15 is 0 Å². The quantitative estimate of drug-likeness (QED) is 0.918. The van der Waals surface area contributed by atoms with Gasteiger partial charge in [0.1, 0.15) is 5.75 Å². The Bertz CT molecular complexity index is 443. The minimum absolute atomic E-state index is 0.619. The molecule has 2 aromatic rings. The van der Waals surface area contributed by atoms with Crippen molar-refractivity contribution in [1.82, 2.24) is 20.6 Å². The lowest BCUT2D eigenvalue weighted by Gasteiger charge is -2.04. The van der Waals surface area contributed by atoms with Crippen LogP contribution in [-0.2, 0) is 6.42 Å². The molecule has 6 heteroatoms. The van der Waals surface area contributed by atoms with E-state index in [-0.39, 0.29) is 0 Å². The number of H-pyrrole nitrogens is 1. The Morgan fingerprint density at radius 2 is 2.33 bits per heavy atom. The normalized spacial score (nSPS) is 10.3. The highest BCUT2D eigenvalue weighted by Gasteiger charge is 2.06. The SMILES string of the molecule is COc1ccc(Br)c(Cc2nn[nH]n2)c1. The van der Waals surface area contributed by atoms with Crippen LogP contribution in [0.25, 0.3) is 0 Å². The summed E-state index contributed by atoms with van der Waals surface area (Å²) in [5.74, 6) is 1.47. The van der Waals surface area contributed by atoms with Crippen molar-refractivity contribution < 1.29 is 4.74 Å². The molecule has 0 saturated carbocycles. The van der Waals surface area contributed by atoms with E-state index in [1.807, 2.05) is 18.2 Å². The average Bonchev–Trinajstić information content (AvgIpc) is 2.74. The molecule has 0 aliphatic rings. The van der Waals surface area contributed by atoms with Gasteiger partial charge in [-0.25, -0.2) is 0 Å². The van der Waals surface area contributed by atoms with E-state index in [0.717, 1.165) is 15.8 Å². The second-order valence-electron chi connectivity index (χ2n) is 2.96. The predicted octanol–water partition coefficient (Wildman–Crippen LogP) is 1.56. The van der Waals surface area contributed by atoms with Crippen LogP contribution < -0.4 is 4.74 Å². The molecule has 0 spiro atoms. The zero-order valence-electron chi connectivity index (χ0n) is 8.07. The smallest absolute Gasteiger partial charge is 0.178 e. The minimum Gasteiger partial charge on any atom is -0.497 e. The number of methoxy groups -OCH3 is 1. The van der Waals surface area contributed by atoms with E-state index in [1.165, 1.54) is 0 Å². The fraction of sp³-hybridized carbons (Fsp3) is 0.222. The van der Waals surface area contributed by atoms with Gasteiger partial charge in [0.2, 0.25) is 0 Å². The maximum absolute atomic E-state index is 5.14. The molecule has 1 aromatic carbocycles. The first-order valence-electron chi connectivity index (χ1n) is 4.34. The van der Waals surface area contributed by atoms with E-state index in [0.29, 0.717) is 12.2 Å². The number of ether oxygens (including phenoxy) is 1. The molecule has 0 bridgehead atoms. The van der Waals surface area contributed by atoms with Crippen LogP contribution in [0, 0.1) is 0 Å². The summed E-state index contributed by atoms with van der Waals surface area (Å²) in [6.07, 6.45) is 0.619. The van der Waals surface area contributed by atoms with Gasteiger partial charge in [-0.3, -0.25) is 0 Å². The fourth-order valence-corrected chi connectivity index (χ4v) is 1.63. The Hall–Kier alpha value is -1.43. The van der Waals surface area contributed by atoms with Crippen molar-refractivity contribution in [1.29, 1.82) is 0 Å². The molecule has 0 radical (unpaired) electrons. The maximum Gasteiger partial charge on any atom is 0.178 e. The molecule has 0 aliphatic heterocycles. The van der Waals surface area contributed by atoms with Crippen LogP contribution in [0.2, 0.25) is 0 Å². The topological polar surface area (TPSA) is 63.7 Å². The summed E-state index contributed by atoms with van der Waals surface area (Å²) in [7, 11) is 1.64. The number of aromatic amines is 1. The second-order valence-corrected chi connectivity index (χ2v) is 3.82. The van der Waals surface area contributed by atoms with E-state index in [4.69, 9.17) is 4.74 Å². The molecule has 15 heavy (non-hydrogen) atoms. The van der Waals surface area contributed by atoms with Crippen LogP contribution in [-0.4, -0.2) is 27.7 Å². The van der Waals surface area contributed by atoms with Gasteiger partial charge in [0, 0.05) is 10.9 Å². The zero-order chi connectivity index (χ0) is 10.7. The van der Waals surface area contributed by atoms with Crippen molar-refractivity contribution in [2.45, 2.75) is 6.42 Å². The van der Waals surface area contributed by atoms with Crippen LogP contribution in [0.4, 0.5) is 0 Å². The number of nitrogens with one attached hydrogen (secondary N) is 1. The summed E-state index contributed by atoms with van der Waals surface area (Å²) in [4.78, 5) is 0. The highest BCUT2D eigenvalue weighted by atomic mass is 79.9. The monoisotopic (exact) mass is 268 g/mol. The Morgan fingerprint density at radius 3 is 3.00 bits per heavy atom. The van der Waals surface area contributed by atoms with E-state index in [2.05, 4.69) is 36.6 Å². The molecule has 1 aromatic heterocycles. The molecule has 0 unspecified atom stereocenters. The first kappa shape index (κ1) is 10.1. The number of rotatable bonds is 3. The van der Waals surface area contributed by atoms with Gasteiger partial charge in [-0.2, -0.15) is 5.21 Å². The van der Waals surface area contributed by atoms with Crippen molar-refractivity contribution in [3.63, 3.8) is 0 Å². The van der Waals surface area contributed by atoms with E-state index < -0.39 is 0 Å². The van der Waals surface area contributed by atoms with Gasteiger partial charge in [-0.05, 0) is 23.8 Å². The van der Waals surface area contributed by atoms with Gasteiger partial charge < -0.3 is 4.74 Å². The molecule has 2 rings (SSSR count). The Kier molecular flexibility index (Phi) is 2.96. The molecule has 0 saturated heterocycles. The largest absolute Gasteiger partial charge is 0.497 e. The van der Waals surface area contributed by atoms with Gasteiger partial charge in [-0.1, -0.05) is 21.1 Å². The lowest BCUT2D eigenvalue weighted by molar-refractivity contribution is 0.414. The number of aromatic nitrogens is 4. The molecule has 0 atom stereocenters. The fourth-order valence-electron chi connectivity index (χ4n) is 1.24. The molecule has 0 fully saturated rings. The Balaban J connectivity index is 2.27. The lowest BCUT2D eigenvalue weighted by atomic mass is 10.1. The lowest BCUT2D eigenvalue weighted by Crippen LogP contribution is -1.94. The molecule has 0 amide bonds. The first-order valence-corrected chi connectivity index (χ1v) is 5.13. The number of hydrogen-bond acceptors (Lipinski definition) is 4. The van der Waals surface area contributed by atoms with Crippen molar-refractivity contribution in [2.75, 3.05) is 7.11 Å². The summed E-state index contributed by atoms with van der Waals surface area (Å²) < 4.78 is 6.15. The molecular weight excluding hydrogens is 260 g/mol. The second kappa shape index (κ2) is 4.39. The van der Waals surface area contributed by atoms with E-state index in [9.17, 15) is 0 Å². The van der Waals surface area contributed by atoms with Crippen LogP contribution in [0.1, 0.15) is 11.4 Å². The van der Waals surface area contributed by atoms with Gasteiger partial charge in [0.25, 0.3) is 0 Å². The van der Waals surface area contributed by atoms with Crippen molar-refractivity contribution in [2.24, 2.45) is 0 Å². The van der Waals surface area contributed by atoms with Crippen LogP contribution in [0.3, 0.4) is 0 Å². The number of benzene rings is 1. The zero-order valence-corrected chi connectivity index (χ0v) is 9.65. The van der Waals surface area contributed by atoms with Gasteiger partial charge in [0.05, 0.1) is 7.11 Å². The van der Waals surface area contributed by atoms with Gasteiger partial charge in [-0.15, -0.1) is 10.2 Å². The van der Waals surface area contributed by atoms with Crippen molar-refractivity contribution in [3.8, 4) is 5.75 Å². The number of tetrazole rings is 1. The highest BCUT2D eigenvalue weighted by molar-refractivity contribution is 9.10. The molecule has 1 N–H and O–H groups in total. The van der Waals surface area contributed by atoms with E-state index in [1.54, 1.807) is 7.11 Å². The van der Waals surface area contributed by atoms with Crippen LogP contribution in [0.5, 0.6) is 5.75 Å². The predicted molar refractivity (Wildman–Crippen MR) is 57.7 cm³/mol. The first-order chi connectivity index (χ1) is 7.29. The number of hydrogen-bond donors (Lipinski definition) is 1. The molecule has 1 heterocycles.